The molecule has 5 nitrogen and oxygen atoms in total. The van der Waals surface area contributed by atoms with Crippen molar-refractivity contribution in [2.75, 3.05) is 39.5 Å². The molecule has 1 saturated heterocycles. The lowest BCUT2D eigenvalue weighted by Gasteiger charge is -2.33. The third-order valence-corrected chi connectivity index (χ3v) is 7.78. The lowest BCUT2D eigenvalue weighted by Crippen LogP contribution is -2.50. The van der Waals surface area contributed by atoms with Gasteiger partial charge in [0.05, 0.1) is 0 Å². The van der Waals surface area contributed by atoms with Gasteiger partial charge < -0.3 is 5.32 Å². The number of hydrogen-bond acceptors (Lipinski definition) is 4. The van der Waals surface area contributed by atoms with Crippen LogP contribution in [0.1, 0.15) is 38.5 Å². The molecular formula is C14H29N3O2S2. The predicted molar refractivity (Wildman–Crippen MR) is 89.9 cm³/mol. The van der Waals surface area contributed by atoms with Crippen LogP contribution in [-0.4, -0.2) is 57.0 Å². The lowest BCUT2D eigenvalue weighted by molar-refractivity contribution is 0.260. The summed E-state index contributed by atoms with van der Waals surface area (Å²) in [5, 5.41) is 3.16. The normalized spacial score (nSPS) is 27.0. The molecule has 1 aliphatic heterocycles. The molecule has 0 radical (unpaired) electrons. The van der Waals surface area contributed by atoms with Gasteiger partial charge in [-0.05, 0) is 51.4 Å². The lowest BCUT2D eigenvalue weighted by atomic mass is 10.00. The molecular weight excluding hydrogens is 306 g/mol. The van der Waals surface area contributed by atoms with Crippen LogP contribution >= 0.6 is 11.8 Å². The van der Waals surface area contributed by atoms with Gasteiger partial charge in [-0.15, -0.1) is 0 Å². The number of thioether (sulfide) groups is 1. The summed E-state index contributed by atoms with van der Waals surface area (Å²) in [6, 6.07) is 0. The van der Waals surface area contributed by atoms with E-state index in [-0.39, 0.29) is 4.75 Å². The topological polar surface area (TPSA) is 61.4 Å². The Morgan fingerprint density at radius 3 is 2.62 bits per heavy atom. The first-order valence-electron chi connectivity index (χ1n) is 7.96. The van der Waals surface area contributed by atoms with Crippen molar-refractivity contribution in [1.82, 2.24) is 14.3 Å². The van der Waals surface area contributed by atoms with Crippen molar-refractivity contribution in [3.63, 3.8) is 0 Å². The fourth-order valence-electron chi connectivity index (χ4n) is 3.49. The first-order valence-corrected chi connectivity index (χ1v) is 10.6. The third kappa shape index (κ3) is 4.58. The standard InChI is InChI=1S/C14H29N3O2S2/c1-15-10-13-6-5-9-17(11-13)21(18,19)16-12-14(20-2)7-3-4-8-14/h13,15-16H,3-12H2,1-2H3. The maximum Gasteiger partial charge on any atom is 0.279 e. The van der Waals surface area contributed by atoms with Gasteiger partial charge >= 0.3 is 0 Å². The molecule has 1 unspecified atom stereocenters. The zero-order valence-corrected chi connectivity index (χ0v) is 14.9. The minimum atomic E-state index is -3.33. The molecule has 2 aliphatic rings. The molecule has 124 valence electrons. The van der Waals surface area contributed by atoms with Crippen LogP contribution in [0.5, 0.6) is 0 Å². The summed E-state index contributed by atoms with van der Waals surface area (Å²) in [5.41, 5.74) is 0. The highest BCUT2D eigenvalue weighted by atomic mass is 32.2. The molecule has 21 heavy (non-hydrogen) atoms. The minimum Gasteiger partial charge on any atom is -0.319 e. The van der Waals surface area contributed by atoms with Crippen LogP contribution in [0.25, 0.3) is 0 Å². The van der Waals surface area contributed by atoms with Gasteiger partial charge in [0.15, 0.2) is 0 Å². The SMILES string of the molecule is CNCC1CCCN(S(=O)(=O)NCC2(SC)CCCC2)C1. The van der Waals surface area contributed by atoms with Crippen molar-refractivity contribution < 1.29 is 8.42 Å². The van der Waals surface area contributed by atoms with Gasteiger partial charge in [0.1, 0.15) is 0 Å². The van der Waals surface area contributed by atoms with Crippen LogP contribution in [0.2, 0.25) is 0 Å². The van der Waals surface area contributed by atoms with Crippen molar-refractivity contribution in [3.05, 3.63) is 0 Å². The summed E-state index contributed by atoms with van der Waals surface area (Å²) in [6.07, 6.45) is 8.86. The van der Waals surface area contributed by atoms with Crippen molar-refractivity contribution >= 4 is 22.0 Å². The van der Waals surface area contributed by atoms with Gasteiger partial charge in [-0.3, -0.25) is 0 Å². The average Bonchev–Trinajstić information content (AvgIpc) is 2.96. The van der Waals surface area contributed by atoms with Crippen LogP contribution in [0.4, 0.5) is 0 Å². The van der Waals surface area contributed by atoms with Crippen LogP contribution in [0.3, 0.4) is 0 Å². The maximum absolute atomic E-state index is 12.5. The first-order chi connectivity index (χ1) is 10.0. The molecule has 1 atom stereocenters. The Bertz CT molecular complexity index is 420. The van der Waals surface area contributed by atoms with E-state index >= 15 is 0 Å². The Hall–Kier alpha value is 0.180. The number of hydrogen-bond donors (Lipinski definition) is 2. The number of rotatable bonds is 7. The maximum atomic E-state index is 12.5. The summed E-state index contributed by atoms with van der Waals surface area (Å²) in [7, 11) is -1.40. The molecule has 7 heteroatoms. The van der Waals surface area contributed by atoms with Crippen molar-refractivity contribution in [3.8, 4) is 0 Å². The average molecular weight is 336 g/mol. The van der Waals surface area contributed by atoms with E-state index in [1.807, 2.05) is 18.8 Å². The van der Waals surface area contributed by atoms with E-state index in [0.717, 1.165) is 32.2 Å². The number of nitrogens with zero attached hydrogens (tertiary/aromatic N) is 1. The fraction of sp³-hybridized carbons (Fsp3) is 1.00. The molecule has 0 aromatic heterocycles. The Morgan fingerprint density at radius 2 is 2.00 bits per heavy atom. The second-order valence-corrected chi connectivity index (χ2v) is 9.37. The van der Waals surface area contributed by atoms with Crippen molar-refractivity contribution in [2.24, 2.45) is 5.92 Å². The highest BCUT2D eigenvalue weighted by Crippen LogP contribution is 2.39. The van der Waals surface area contributed by atoms with Crippen LogP contribution in [0.15, 0.2) is 0 Å². The summed E-state index contributed by atoms with van der Waals surface area (Å²) < 4.78 is 29.7. The minimum absolute atomic E-state index is 0.118. The molecule has 0 aromatic carbocycles. The third-order valence-electron chi connectivity index (χ3n) is 4.84. The van der Waals surface area contributed by atoms with E-state index in [0.29, 0.717) is 25.6 Å². The monoisotopic (exact) mass is 335 g/mol. The van der Waals surface area contributed by atoms with E-state index in [4.69, 9.17) is 0 Å². The van der Waals surface area contributed by atoms with E-state index in [2.05, 4.69) is 16.3 Å². The highest BCUT2D eigenvalue weighted by Gasteiger charge is 2.36. The van der Waals surface area contributed by atoms with Gasteiger partial charge in [0.2, 0.25) is 0 Å². The summed E-state index contributed by atoms with van der Waals surface area (Å²) >= 11 is 1.82. The summed E-state index contributed by atoms with van der Waals surface area (Å²) in [6.45, 7) is 2.76. The Labute approximate surface area is 133 Å². The predicted octanol–water partition coefficient (Wildman–Crippen LogP) is 1.43. The van der Waals surface area contributed by atoms with E-state index in [1.54, 1.807) is 4.31 Å². The fourth-order valence-corrected chi connectivity index (χ4v) is 5.91. The van der Waals surface area contributed by atoms with Crippen LogP contribution in [-0.2, 0) is 10.2 Å². The van der Waals surface area contributed by atoms with Gasteiger partial charge in [-0.25, -0.2) is 4.72 Å². The van der Waals surface area contributed by atoms with Crippen LogP contribution in [0, 0.1) is 5.92 Å². The van der Waals surface area contributed by atoms with E-state index in [9.17, 15) is 8.42 Å². The zero-order chi connectivity index (χ0) is 15.3. The number of piperidine rings is 1. The van der Waals surface area contributed by atoms with Gasteiger partial charge in [-0.2, -0.15) is 24.5 Å². The molecule has 2 N–H and O–H groups in total. The quantitative estimate of drug-likeness (QED) is 0.739. The smallest absolute Gasteiger partial charge is 0.279 e. The first kappa shape index (κ1) is 17.5. The molecule has 0 bridgehead atoms. The molecule has 0 amide bonds. The molecule has 1 saturated carbocycles. The zero-order valence-electron chi connectivity index (χ0n) is 13.2. The van der Waals surface area contributed by atoms with Crippen LogP contribution < -0.4 is 10.0 Å². The molecule has 1 aliphatic carbocycles. The Balaban J connectivity index is 1.91. The van der Waals surface area contributed by atoms with E-state index in [1.165, 1.54) is 12.8 Å². The molecule has 2 fully saturated rings. The Morgan fingerprint density at radius 1 is 1.29 bits per heavy atom. The van der Waals surface area contributed by atoms with Gasteiger partial charge in [0.25, 0.3) is 10.2 Å². The van der Waals surface area contributed by atoms with E-state index < -0.39 is 10.2 Å². The molecule has 2 rings (SSSR count). The number of nitrogens with one attached hydrogen (secondary N) is 2. The van der Waals surface area contributed by atoms with Gasteiger partial charge in [-0.1, -0.05) is 12.8 Å². The van der Waals surface area contributed by atoms with Crippen molar-refractivity contribution in [2.45, 2.75) is 43.3 Å². The second-order valence-electron chi connectivity index (χ2n) is 6.34. The summed E-state index contributed by atoms with van der Waals surface area (Å²) in [4.78, 5) is 0. The van der Waals surface area contributed by atoms with Gasteiger partial charge in [0, 0.05) is 24.4 Å². The largest absolute Gasteiger partial charge is 0.319 e. The second kappa shape index (κ2) is 7.64. The Kier molecular flexibility index (Phi) is 6.38. The van der Waals surface area contributed by atoms with Crippen molar-refractivity contribution in [1.29, 1.82) is 0 Å². The molecule has 0 spiro atoms. The molecule has 0 aromatic rings. The highest BCUT2D eigenvalue weighted by molar-refractivity contribution is 8.00. The molecule has 1 heterocycles. The summed E-state index contributed by atoms with van der Waals surface area (Å²) in [5.74, 6) is 0.432.